The van der Waals surface area contributed by atoms with Gasteiger partial charge in [-0.05, 0) is 36.2 Å². The fraction of sp³-hybridized carbons (Fsp3) is 0.235. The summed E-state index contributed by atoms with van der Waals surface area (Å²) in [6.45, 7) is 0. The van der Waals surface area contributed by atoms with Crippen LogP contribution in [0.4, 0.5) is 5.69 Å². The van der Waals surface area contributed by atoms with Gasteiger partial charge in [0.1, 0.15) is 11.5 Å². The van der Waals surface area contributed by atoms with E-state index >= 15 is 0 Å². The van der Waals surface area contributed by atoms with Crippen LogP contribution in [0.5, 0.6) is 11.5 Å². The minimum absolute atomic E-state index is 0.0801. The summed E-state index contributed by atoms with van der Waals surface area (Å²) in [5.74, 6) is 1.16. The summed E-state index contributed by atoms with van der Waals surface area (Å²) in [5, 5.41) is 3.52. The molecule has 1 N–H and O–H groups in total. The van der Waals surface area contributed by atoms with Crippen molar-refractivity contribution in [2.24, 2.45) is 0 Å². The van der Waals surface area contributed by atoms with E-state index in [1.165, 1.54) is 0 Å². The van der Waals surface area contributed by atoms with Gasteiger partial charge < -0.3 is 14.8 Å². The number of rotatable bonds is 6. The summed E-state index contributed by atoms with van der Waals surface area (Å²) in [4.78, 5) is 12.1. The van der Waals surface area contributed by atoms with Crippen molar-refractivity contribution in [3.8, 4) is 11.5 Å². The highest BCUT2D eigenvalue weighted by Crippen LogP contribution is 2.29. The first-order chi connectivity index (χ1) is 10.6. The summed E-state index contributed by atoms with van der Waals surface area (Å²) in [5.41, 5.74) is 1.66. The molecule has 2 aromatic rings. The van der Waals surface area contributed by atoms with E-state index in [1.807, 2.05) is 24.3 Å². The summed E-state index contributed by atoms with van der Waals surface area (Å²) >= 11 is 5.93. The molecule has 0 heterocycles. The number of aryl methyl sites for hydroxylation is 1. The molecule has 0 spiro atoms. The Morgan fingerprint density at radius 3 is 2.64 bits per heavy atom. The maximum absolute atomic E-state index is 12.1. The molecule has 2 rings (SSSR count). The zero-order chi connectivity index (χ0) is 15.9. The van der Waals surface area contributed by atoms with Gasteiger partial charge >= 0.3 is 0 Å². The van der Waals surface area contributed by atoms with E-state index in [1.54, 1.807) is 32.4 Å². The Morgan fingerprint density at radius 2 is 1.95 bits per heavy atom. The van der Waals surface area contributed by atoms with Gasteiger partial charge in [-0.25, -0.2) is 0 Å². The molecule has 0 bridgehead atoms. The minimum atomic E-state index is -0.0801. The fourth-order valence-corrected chi connectivity index (χ4v) is 2.28. The molecule has 1 amide bonds. The van der Waals surface area contributed by atoms with Crippen LogP contribution in [0.3, 0.4) is 0 Å². The number of halogens is 1. The SMILES string of the molecule is COc1ccc(NC(=O)CCc2cccc(Cl)c2)c(OC)c1. The third kappa shape index (κ3) is 4.40. The maximum atomic E-state index is 12.1. The molecule has 0 fully saturated rings. The standard InChI is InChI=1S/C17H18ClNO3/c1-21-14-7-8-15(16(11-14)22-2)19-17(20)9-6-12-4-3-5-13(18)10-12/h3-5,7-8,10-11H,6,9H2,1-2H3,(H,19,20). The van der Waals surface area contributed by atoms with E-state index in [4.69, 9.17) is 21.1 Å². The molecule has 0 aliphatic carbocycles. The molecule has 0 aromatic heterocycles. The molecule has 4 nitrogen and oxygen atoms in total. The van der Waals surface area contributed by atoms with Crippen LogP contribution in [0.25, 0.3) is 0 Å². The summed E-state index contributed by atoms with van der Waals surface area (Å²) in [7, 11) is 3.13. The number of hydrogen-bond donors (Lipinski definition) is 1. The summed E-state index contributed by atoms with van der Waals surface area (Å²) in [6, 6.07) is 12.8. The monoisotopic (exact) mass is 319 g/mol. The molecule has 0 saturated heterocycles. The van der Waals surface area contributed by atoms with Gasteiger partial charge in [0.25, 0.3) is 0 Å². The van der Waals surface area contributed by atoms with Gasteiger partial charge in [-0.3, -0.25) is 4.79 Å². The van der Waals surface area contributed by atoms with Crippen LogP contribution in [0, 0.1) is 0 Å². The third-order valence-corrected chi connectivity index (χ3v) is 3.45. The number of carbonyl (C=O) groups excluding carboxylic acids is 1. The van der Waals surface area contributed by atoms with Crippen LogP contribution in [-0.2, 0) is 11.2 Å². The van der Waals surface area contributed by atoms with E-state index < -0.39 is 0 Å². The Bertz CT molecular complexity index is 658. The molecule has 0 unspecified atom stereocenters. The lowest BCUT2D eigenvalue weighted by molar-refractivity contribution is -0.116. The Morgan fingerprint density at radius 1 is 1.14 bits per heavy atom. The van der Waals surface area contributed by atoms with Crippen molar-refractivity contribution >= 4 is 23.2 Å². The average molecular weight is 320 g/mol. The van der Waals surface area contributed by atoms with Gasteiger partial charge in [-0.1, -0.05) is 23.7 Å². The van der Waals surface area contributed by atoms with E-state index in [0.29, 0.717) is 35.1 Å². The average Bonchev–Trinajstić information content (AvgIpc) is 2.53. The van der Waals surface area contributed by atoms with Crippen LogP contribution in [0.1, 0.15) is 12.0 Å². The zero-order valence-electron chi connectivity index (χ0n) is 12.6. The number of hydrogen-bond acceptors (Lipinski definition) is 3. The number of methoxy groups -OCH3 is 2. The van der Waals surface area contributed by atoms with Crippen molar-refractivity contribution in [3.63, 3.8) is 0 Å². The molecule has 0 radical (unpaired) electrons. The van der Waals surface area contributed by atoms with Crippen molar-refractivity contribution < 1.29 is 14.3 Å². The molecule has 22 heavy (non-hydrogen) atoms. The van der Waals surface area contributed by atoms with Crippen molar-refractivity contribution in [1.82, 2.24) is 0 Å². The Kier molecular flexibility index (Phi) is 5.67. The fourth-order valence-electron chi connectivity index (χ4n) is 2.06. The first-order valence-corrected chi connectivity index (χ1v) is 7.26. The van der Waals surface area contributed by atoms with Gasteiger partial charge in [0.2, 0.25) is 5.91 Å². The van der Waals surface area contributed by atoms with Gasteiger partial charge in [0, 0.05) is 17.5 Å². The second kappa shape index (κ2) is 7.71. The lowest BCUT2D eigenvalue weighted by Crippen LogP contribution is -2.13. The molecule has 5 heteroatoms. The normalized spacial score (nSPS) is 10.1. The minimum Gasteiger partial charge on any atom is -0.497 e. The van der Waals surface area contributed by atoms with Crippen molar-refractivity contribution in [2.75, 3.05) is 19.5 Å². The van der Waals surface area contributed by atoms with E-state index in [0.717, 1.165) is 5.56 Å². The number of ether oxygens (including phenoxy) is 2. The van der Waals surface area contributed by atoms with Gasteiger partial charge in [0.05, 0.1) is 19.9 Å². The predicted octanol–water partition coefficient (Wildman–Crippen LogP) is 3.93. The van der Waals surface area contributed by atoms with Crippen LogP contribution in [0.15, 0.2) is 42.5 Å². The van der Waals surface area contributed by atoms with Crippen molar-refractivity contribution in [3.05, 3.63) is 53.1 Å². The first kappa shape index (κ1) is 16.2. The Labute approximate surface area is 135 Å². The smallest absolute Gasteiger partial charge is 0.224 e. The second-order valence-electron chi connectivity index (χ2n) is 4.74. The van der Waals surface area contributed by atoms with Crippen molar-refractivity contribution in [1.29, 1.82) is 0 Å². The Balaban J connectivity index is 1.97. The molecule has 2 aromatic carbocycles. The van der Waals surface area contributed by atoms with Crippen molar-refractivity contribution in [2.45, 2.75) is 12.8 Å². The van der Waals surface area contributed by atoms with Crippen LogP contribution in [-0.4, -0.2) is 20.1 Å². The highest BCUT2D eigenvalue weighted by atomic mass is 35.5. The molecule has 0 saturated carbocycles. The van der Waals surface area contributed by atoms with Crippen LogP contribution >= 0.6 is 11.6 Å². The lowest BCUT2D eigenvalue weighted by atomic mass is 10.1. The van der Waals surface area contributed by atoms with Gasteiger partial charge in [-0.15, -0.1) is 0 Å². The number of benzene rings is 2. The quantitative estimate of drug-likeness (QED) is 0.877. The molecular formula is C17H18ClNO3. The summed E-state index contributed by atoms with van der Waals surface area (Å²) < 4.78 is 10.4. The Hall–Kier alpha value is -2.20. The van der Waals surface area contributed by atoms with E-state index in [2.05, 4.69) is 5.32 Å². The molecule has 0 atom stereocenters. The maximum Gasteiger partial charge on any atom is 0.224 e. The molecule has 116 valence electrons. The first-order valence-electron chi connectivity index (χ1n) is 6.88. The third-order valence-electron chi connectivity index (χ3n) is 3.21. The topological polar surface area (TPSA) is 47.6 Å². The molecule has 0 aliphatic rings. The number of anilines is 1. The number of amides is 1. The molecule has 0 aliphatic heterocycles. The summed E-state index contributed by atoms with van der Waals surface area (Å²) in [6.07, 6.45) is 1.00. The largest absolute Gasteiger partial charge is 0.497 e. The van der Waals surface area contributed by atoms with E-state index in [9.17, 15) is 4.79 Å². The number of nitrogens with one attached hydrogen (secondary N) is 1. The predicted molar refractivity (Wildman–Crippen MR) is 87.9 cm³/mol. The van der Waals surface area contributed by atoms with Gasteiger partial charge in [-0.2, -0.15) is 0 Å². The highest BCUT2D eigenvalue weighted by molar-refractivity contribution is 6.30. The zero-order valence-corrected chi connectivity index (χ0v) is 13.3. The van der Waals surface area contributed by atoms with E-state index in [-0.39, 0.29) is 5.91 Å². The van der Waals surface area contributed by atoms with Crippen LogP contribution in [0.2, 0.25) is 5.02 Å². The lowest BCUT2D eigenvalue weighted by Gasteiger charge is -2.11. The van der Waals surface area contributed by atoms with Gasteiger partial charge in [0.15, 0.2) is 0 Å². The second-order valence-corrected chi connectivity index (χ2v) is 5.18. The highest BCUT2D eigenvalue weighted by Gasteiger charge is 2.09. The number of carbonyl (C=O) groups is 1. The van der Waals surface area contributed by atoms with Crippen LogP contribution < -0.4 is 14.8 Å². The molecular weight excluding hydrogens is 302 g/mol.